The van der Waals surface area contributed by atoms with E-state index in [9.17, 15) is 14.9 Å². The fraction of sp³-hybridized carbons (Fsp3) is 0.0909. The van der Waals surface area contributed by atoms with Crippen LogP contribution in [0.2, 0.25) is 5.02 Å². The van der Waals surface area contributed by atoms with Crippen molar-refractivity contribution >= 4 is 23.2 Å². The largest absolute Gasteiger partial charge is 0.346 e. The lowest BCUT2D eigenvalue weighted by atomic mass is 10.1. The van der Waals surface area contributed by atoms with Gasteiger partial charge in [-0.15, -0.1) is 0 Å². The van der Waals surface area contributed by atoms with E-state index < -0.39 is 16.5 Å². The van der Waals surface area contributed by atoms with E-state index in [1.165, 1.54) is 18.2 Å². The van der Waals surface area contributed by atoms with Gasteiger partial charge in [0.15, 0.2) is 0 Å². The van der Waals surface area contributed by atoms with Crippen molar-refractivity contribution in [2.24, 2.45) is 0 Å². The molecule has 0 fully saturated rings. The van der Waals surface area contributed by atoms with E-state index >= 15 is 0 Å². The van der Waals surface area contributed by atoms with E-state index in [4.69, 9.17) is 11.6 Å². The molecule has 1 aromatic carbocycles. The van der Waals surface area contributed by atoms with Gasteiger partial charge in [-0.2, -0.15) is 5.10 Å². The molecule has 1 aromatic heterocycles. The number of halogens is 1. The molecule has 0 saturated carbocycles. The molecule has 2 rings (SSSR count). The Morgan fingerprint density at radius 1 is 1.47 bits per heavy atom. The van der Waals surface area contributed by atoms with Crippen molar-refractivity contribution in [2.45, 2.75) is 6.54 Å². The van der Waals surface area contributed by atoms with Crippen LogP contribution in [0.4, 0.5) is 5.69 Å². The third kappa shape index (κ3) is 2.89. The Morgan fingerprint density at radius 3 is 2.89 bits per heavy atom. The number of para-hydroxylation sites is 1. The Morgan fingerprint density at radius 2 is 2.26 bits per heavy atom. The van der Waals surface area contributed by atoms with Crippen LogP contribution < -0.4 is 5.32 Å². The number of aromatic amines is 1. The number of nitro groups is 1. The second-order valence-electron chi connectivity index (χ2n) is 3.66. The standard InChI is InChI=1S/C11H9ClN4O3/c12-9-3-1-2-8(10(9)16(18)19)11(17)13-6-7-4-5-14-15-7/h1-5H,6H2,(H,13,17)(H,14,15). The van der Waals surface area contributed by atoms with Gasteiger partial charge < -0.3 is 5.32 Å². The number of rotatable bonds is 4. The Kier molecular flexibility index (Phi) is 3.76. The molecule has 0 bridgehead atoms. The summed E-state index contributed by atoms with van der Waals surface area (Å²) in [5, 5.41) is 19.8. The van der Waals surface area contributed by atoms with Gasteiger partial charge in [-0.3, -0.25) is 20.0 Å². The molecule has 0 unspecified atom stereocenters. The molecule has 19 heavy (non-hydrogen) atoms. The van der Waals surface area contributed by atoms with Crippen molar-refractivity contribution in [3.8, 4) is 0 Å². The number of H-pyrrole nitrogens is 1. The van der Waals surface area contributed by atoms with Crippen LogP contribution in [-0.2, 0) is 6.54 Å². The van der Waals surface area contributed by atoms with Crippen LogP contribution in [-0.4, -0.2) is 21.0 Å². The van der Waals surface area contributed by atoms with E-state index in [-0.39, 0.29) is 17.1 Å². The van der Waals surface area contributed by atoms with Crippen LogP contribution in [0, 0.1) is 10.1 Å². The molecule has 98 valence electrons. The molecule has 2 aromatic rings. The summed E-state index contributed by atoms with van der Waals surface area (Å²) < 4.78 is 0. The summed E-state index contributed by atoms with van der Waals surface area (Å²) in [5.74, 6) is -0.566. The molecule has 0 aliphatic carbocycles. The summed E-state index contributed by atoms with van der Waals surface area (Å²) in [5.41, 5.74) is 0.223. The molecule has 0 spiro atoms. The molecule has 0 atom stereocenters. The number of hydrogen-bond donors (Lipinski definition) is 2. The number of benzene rings is 1. The summed E-state index contributed by atoms with van der Waals surface area (Å²) in [6.45, 7) is 0.197. The van der Waals surface area contributed by atoms with Crippen molar-refractivity contribution in [1.29, 1.82) is 0 Å². The van der Waals surface area contributed by atoms with E-state index in [2.05, 4.69) is 15.5 Å². The highest BCUT2D eigenvalue weighted by Gasteiger charge is 2.23. The molecule has 0 aliphatic heterocycles. The molecule has 7 nitrogen and oxygen atoms in total. The number of aromatic nitrogens is 2. The van der Waals surface area contributed by atoms with Gasteiger partial charge >= 0.3 is 5.69 Å². The first kappa shape index (κ1) is 13.0. The maximum atomic E-state index is 11.9. The van der Waals surface area contributed by atoms with E-state index in [1.54, 1.807) is 12.3 Å². The van der Waals surface area contributed by atoms with Crippen molar-refractivity contribution in [3.05, 3.63) is 56.9 Å². The zero-order valence-electron chi connectivity index (χ0n) is 9.59. The Labute approximate surface area is 112 Å². The molecule has 2 N–H and O–H groups in total. The van der Waals surface area contributed by atoms with Gasteiger partial charge in [-0.1, -0.05) is 17.7 Å². The highest BCUT2D eigenvalue weighted by molar-refractivity contribution is 6.33. The van der Waals surface area contributed by atoms with Crippen LogP contribution in [0.3, 0.4) is 0 Å². The molecule has 8 heteroatoms. The first-order chi connectivity index (χ1) is 9.09. The Bertz CT molecular complexity index is 612. The highest BCUT2D eigenvalue weighted by atomic mass is 35.5. The van der Waals surface area contributed by atoms with Gasteiger partial charge in [-0.25, -0.2) is 0 Å². The van der Waals surface area contributed by atoms with Crippen molar-refractivity contribution in [2.75, 3.05) is 0 Å². The number of nitrogens with zero attached hydrogens (tertiary/aromatic N) is 2. The number of carbonyl (C=O) groups excluding carboxylic acids is 1. The lowest BCUT2D eigenvalue weighted by Crippen LogP contribution is -2.24. The minimum atomic E-state index is -0.673. The van der Waals surface area contributed by atoms with Crippen LogP contribution in [0.5, 0.6) is 0 Å². The second-order valence-corrected chi connectivity index (χ2v) is 4.06. The lowest BCUT2D eigenvalue weighted by Gasteiger charge is -2.05. The SMILES string of the molecule is O=C(NCc1ccn[nH]1)c1cccc(Cl)c1[N+](=O)[O-]. The minimum absolute atomic E-state index is 0.0702. The zero-order valence-corrected chi connectivity index (χ0v) is 10.3. The van der Waals surface area contributed by atoms with Gasteiger partial charge in [0.05, 0.1) is 17.2 Å². The predicted molar refractivity (Wildman–Crippen MR) is 67.9 cm³/mol. The molecule has 0 radical (unpaired) electrons. The average molecular weight is 281 g/mol. The van der Waals surface area contributed by atoms with Crippen molar-refractivity contribution in [3.63, 3.8) is 0 Å². The second kappa shape index (κ2) is 5.49. The van der Waals surface area contributed by atoms with E-state index in [0.29, 0.717) is 5.69 Å². The molecule has 1 heterocycles. The van der Waals surface area contributed by atoms with Crippen LogP contribution in [0.15, 0.2) is 30.5 Å². The van der Waals surface area contributed by atoms with E-state index in [1.807, 2.05) is 0 Å². The zero-order chi connectivity index (χ0) is 13.8. The summed E-state index contributed by atoms with van der Waals surface area (Å²) in [7, 11) is 0. The quantitative estimate of drug-likeness (QED) is 0.659. The van der Waals surface area contributed by atoms with Gasteiger partial charge in [0.1, 0.15) is 10.6 Å². The molecule has 1 amide bonds. The summed E-state index contributed by atoms with van der Waals surface area (Å²) in [6, 6.07) is 5.89. The van der Waals surface area contributed by atoms with Crippen LogP contribution >= 0.6 is 11.6 Å². The minimum Gasteiger partial charge on any atom is -0.346 e. The molecular weight excluding hydrogens is 272 g/mol. The van der Waals surface area contributed by atoms with Gasteiger partial charge in [0, 0.05) is 6.20 Å². The van der Waals surface area contributed by atoms with E-state index in [0.717, 1.165) is 0 Å². The summed E-state index contributed by atoms with van der Waals surface area (Å²) in [4.78, 5) is 22.1. The molecule has 0 aliphatic rings. The topological polar surface area (TPSA) is 101 Å². The molecule has 0 saturated heterocycles. The third-order valence-corrected chi connectivity index (χ3v) is 2.72. The van der Waals surface area contributed by atoms with Gasteiger partial charge in [0.2, 0.25) is 0 Å². The van der Waals surface area contributed by atoms with Crippen molar-refractivity contribution < 1.29 is 9.72 Å². The predicted octanol–water partition coefficient (Wildman–Crippen LogP) is 1.90. The normalized spacial score (nSPS) is 10.2. The number of amides is 1. The number of carbonyl (C=O) groups is 1. The van der Waals surface area contributed by atoms with Gasteiger partial charge in [-0.05, 0) is 18.2 Å². The molecular formula is C11H9ClN4O3. The third-order valence-electron chi connectivity index (χ3n) is 2.41. The number of hydrogen-bond acceptors (Lipinski definition) is 4. The van der Waals surface area contributed by atoms with Crippen molar-refractivity contribution in [1.82, 2.24) is 15.5 Å². The lowest BCUT2D eigenvalue weighted by molar-refractivity contribution is -0.385. The Balaban J connectivity index is 2.19. The Hall–Kier alpha value is -2.41. The first-order valence-electron chi connectivity index (χ1n) is 5.29. The summed E-state index contributed by atoms with van der Waals surface area (Å²) in [6.07, 6.45) is 1.54. The fourth-order valence-electron chi connectivity index (χ4n) is 1.54. The first-order valence-corrected chi connectivity index (χ1v) is 5.66. The maximum absolute atomic E-state index is 11.9. The number of nitrogens with one attached hydrogen (secondary N) is 2. The van der Waals surface area contributed by atoms with Crippen LogP contribution in [0.1, 0.15) is 16.1 Å². The average Bonchev–Trinajstić information content (AvgIpc) is 2.88. The summed E-state index contributed by atoms with van der Waals surface area (Å²) >= 11 is 5.73. The smallest absolute Gasteiger partial charge is 0.300 e. The maximum Gasteiger partial charge on any atom is 0.300 e. The highest BCUT2D eigenvalue weighted by Crippen LogP contribution is 2.27. The van der Waals surface area contributed by atoms with Gasteiger partial charge in [0.25, 0.3) is 5.91 Å². The number of nitro benzene ring substituents is 1. The van der Waals surface area contributed by atoms with Crippen LogP contribution in [0.25, 0.3) is 0 Å². The monoisotopic (exact) mass is 280 g/mol. The fourth-order valence-corrected chi connectivity index (χ4v) is 1.78.